The zero-order chi connectivity index (χ0) is 20.2. The third-order valence-electron chi connectivity index (χ3n) is 5.06. The number of pyridine rings is 1. The summed E-state index contributed by atoms with van der Waals surface area (Å²) >= 11 is 1.64. The second kappa shape index (κ2) is 8.61. The first kappa shape index (κ1) is 19.4. The fourth-order valence-electron chi connectivity index (χ4n) is 3.51. The van der Waals surface area contributed by atoms with Gasteiger partial charge in [0.1, 0.15) is 5.75 Å². The van der Waals surface area contributed by atoms with Crippen LogP contribution >= 0.6 is 11.3 Å². The molecule has 1 fully saturated rings. The maximum absolute atomic E-state index is 13.0. The topological polar surface area (TPSA) is 58.6 Å². The summed E-state index contributed by atoms with van der Waals surface area (Å²) in [5, 5.41) is 3.07. The van der Waals surface area contributed by atoms with E-state index in [-0.39, 0.29) is 5.91 Å². The first-order chi connectivity index (χ1) is 14.2. The molecule has 0 atom stereocenters. The molecular formula is C22H24N4O2S. The van der Waals surface area contributed by atoms with Gasteiger partial charge in [0.15, 0.2) is 5.13 Å². The van der Waals surface area contributed by atoms with Crippen molar-refractivity contribution in [2.75, 3.05) is 32.1 Å². The van der Waals surface area contributed by atoms with Gasteiger partial charge in [-0.05, 0) is 43.2 Å². The number of rotatable bonds is 6. The Balaban J connectivity index is 1.58. The predicted octanol–water partition coefficient (Wildman–Crippen LogP) is 4.09. The molecule has 29 heavy (non-hydrogen) atoms. The van der Waals surface area contributed by atoms with Gasteiger partial charge in [0.2, 0.25) is 0 Å². The molecule has 0 saturated carbocycles. The Morgan fingerprint density at radius 3 is 2.79 bits per heavy atom. The Hall–Kier alpha value is -2.93. The highest BCUT2D eigenvalue weighted by molar-refractivity contribution is 7.14. The Bertz CT molecular complexity index is 983. The number of aromatic nitrogens is 2. The monoisotopic (exact) mass is 408 g/mol. The molecule has 3 heterocycles. The van der Waals surface area contributed by atoms with Crippen LogP contribution < -0.4 is 9.64 Å². The number of hydrogen-bond acceptors (Lipinski definition) is 6. The van der Waals surface area contributed by atoms with Crippen LogP contribution in [0.3, 0.4) is 0 Å². The second-order valence-electron chi connectivity index (χ2n) is 7.11. The fourth-order valence-corrected chi connectivity index (χ4v) is 4.39. The number of carbonyl (C=O) groups excluding carboxylic acids is 1. The minimum absolute atomic E-state index is 0.0606. The molecule has 0 radical (unpaired) electrons. The number of methoxy groups -OCH3 is 1. The first-order valence-electron chi connectivity index (χ1n) is 9.70. The maximum Gasteiger partial charge on any atom is 0.253 e. The molecule has 4 rings (SSSR count). The largest absolute Gasteiger partial charge is 0.496 e. The van der Waals surface area contributed by atoms with Crippen molar-refractivity contribution in [1.82, 2.24) is 14.9 Å². The predicted molar refractivity (Wildman–Crippen MR) is 116 cm³/mol. The highest BCUT2D eigenvalue weighted by Crippen LogP contribution is 2.35. The van der Waals surface area contributed by atoms with Crippen molar-refractivity contribution < 1.29 is 9.53 Å². The maximum atomic E-state index is 13.0. The molecule has 1 amide bonds. The van der Waals surface area contributed by atoms with E-state index in [1.54, 1.807) is 42.7 Å². The van der Waals surface area contributed by atoms with E-state index in [1.165, 1.54) is 12.8 Å². The van der Waals surface area contributed by atoms with Crippen LogP contribution in [-0.4, -0.2) is 48.0 Å². The van der Waals surface area contributed by atoms with E-state index in [1.807, 2.05) is 35.7 Å². The molecule has 0 unspecified atom stereocenters. The van der Waals surface area contributed by atoms with Gasteiger partial charge >= 0.3 is 0 Å². The summed E-state index contributed by atoms with van der Waals surface area (Å²) in [5.74, 6) is 0.654. The average molecular weight is 409 g/mol. The smallest absolute Gasteiger partial charge is 0.253 e. The minimum atomic E-state index is -0.0606. The zero-order valence-corrected chi connectivity index (χ0v) is 17.5. The van der Waals surface area contributed by atoms with Crippen LogP contribution in [0.25, 0.3) is 11.3 Å². The van der Waals surface area contributed by atoms with E-state index in [0.29, 0.717) is 17.9 Å². The van der Waals surface area contributed by atoms with Gasteiger partial charge in [-0.25, -0.2) is 4.98 Å². The van der Waals surface area contributed by atoms with E-state index in [2.05, 4.69) is 9.88 Å². The number of benzene rings is 1. The summed E-state index contributed by atoms with van der Waals surface area (Å²) < 4.78 is 5.54. The molecule has 2 aromatic heterocycles. The van der Waals surface area contributed by atoms with Crippen LogP contribution in [0, 0.1) is 0 Å². The molecule has 0 N–H and O–H groups in total. The molecule has 1 saturated heterocycles. The quantitative estimate of drug-likeness (QED) is 0.615. The Morgan fingerprint density at radius 1 is 1.24 bits per heavy atom. The molecule has 1 aliphatic rings. The van der Waals surface area contributed by atoms with Crippen molar-refractivity contribution in [3.8, 4) is 17.0 Å². The van der Waals surface area contributed by atoms with Crippen molar-refractivity contribution in [3.63, 3.8) is 0 Å². The highest BCUT2D eigenvalue weighted by atomic mass is 32.1. The summed E-state index contributed by atoms with van der Waals surface area (Å²) in [6.45, 7) is 2.57. The van der Waals surface area contributed by atoms with E-state index in [4.69, 9.17) is 9.72 Å². The van der Waals surface area contributed by atoms with Gasteiger partial charge < -0.3 is 14.5 Å². The van der Waals surface area contributed by atoms with Gasteiger partial charge in [0.05, 0.1) is 25.0 Å². The van der Waals surface area contributed by atoms with Crippen LogP contribution in [0.5, 0.6) is 5.75 Å². The molecule has 3 aromatic rings. The fraction of sp³-hybridized carbons (Fsp3) is 0.318. The summed E-state index contributed by atoms with van der Waals surface area (Å²) in [5.41, 5.74) is 3.14. The SMILES string of the molecule is COc1ccc(C(=O)N(C)Cc2ccccn2)cc1-c1csc(N2CCCC2)n1. The number of ether oxygens (including phenoxy) is 1. The molecular weight excluding hydrogens is 384 g/mol. The van der Waals surface area contributed by atoms with Crippen LogP contribution in [-0.2, 0) is 6.54 Å². The minimum Gasteiger partial charge on any atom is -0.496 e. The lowest BCUT2D eigenvalue weighted by Crippen LogP contribution is -2.26. The zero-order valence-electron chi connectivity index (χ0n) is 16.7. The van der Waals surface area contributed by atoms with E-state index >= 15 is 0 Å². The van der Waals surface area contributed by atoms with Crippen molar-refractivity contribution >= 4 is 22.4 Å². The van der Waals surface area contributed by atoms with Crippen molar-refractivity contribution in [2.45, 2.75) is 19.4 Å². The highest BCUT2D eigenvalue weighted by Gasteiger charge is 2.20. The molecule has 0 spiro atoms. The molecule has 6 nitrogen and oxygen atoms in total. The summed E-state index contributed by atoms with van der Waals surface area (Å²) in [7, 11) is 3.43. The Labute approximate surface area is 174 Å². The third-order valence-corrected chi connectivity index (χ3v) is 5.96. The van der Waals surface area contributed by atoms with Crippen molar-refractivity contribution in [2.24, 2.45) is 0 Å². The molecule has 7 heteroatoms. The van der Waals surface area contributed by atoms with Gasteiger partial charge in [0, 0.05) is 42.8 Å². The van der Waals surface area contributed by atoms with E-state index < -0.39 is 0 Å². The van der Waals surface area contributed by atoms with Crippen LogP contribution in [0.2, 0.25) is 0 Å². The third kappa shape index (κ3) is 4.24. The number of carbonyl (C=O) groups is 1. The van der Waals surface area contributed by atoms with E-state index in [0.717, 1.165) is 35.2 Å². The van der Waals surface area contributed by atoms with E-state index in [9.17, 15) is 4.79 Å². The Kier molecular flexibility index (Phi) is 5.76. The lowest BCUT2D eigenvalue weighted by molar-refractivity contribution is 0.0783. The summed E-state index contributed by atoms with van der Waals surface area (Å²) in [4.78, 5) is 26.1. The van der Waals surface area contributed by atoms with Gasteiger partial charge in [-0.15, -0.1) is 11.3 Å². The summed E-state index contributed by atoms with van der Waals surface area (Å²) in [6.07, 6.45) is 4.16. The average Bonchev–Trinajstić information content (AvgIpc) is 3.45. The van der Waals surface area contributed by atoms with Crippen LogP contribution in [0.4, 0.5) is 5.13 Å². The molecule has 1 aromatic carbocycles. The lowest BCUT2D eigenvalue weighted by Gasteiger charge is -2.18. The van der Waals surface area contributed by atoms with Crippen molar-refractivity contribution in [1.29, 1.82) is 0 Å². The number of amides is 1. The normalized spacial score (nSPS) is 13.5. The second-order valence-corrected chi connectivity index (χ2v) is 7.94. The van der Waals surface area contributed by atoms with Gasteiger partial charge in [-0.2, -0.15) is 0 Å². The standard InChI is InChI=1S/C22H24N4O2S/c1-25(14-17-7-3-4-10-23-17)21(27)16-8-9-20(28-2)18(13-16)19-15-29-22(24-19)26-11-5-6-12-26/h3-4,7-10,13,15H,5-6,11-12,14H2,1-2H3. The number of hydrogen-bond donors (Lipinski definition) is 0. The van der Waals surface area contributed by atoms with Gasteiger partial charge in [-0.3, -0.25) is 9.78 Å². The lowest BCUT2D eigenvalue weighted by atomic mass is 10.1. The number of thiazole rings is 1. The molecule has 150 valence electrons. The van der Waals surface area contributed by atoms with Crippen LogP contribution in [0.15, 0.2) is 48.0 Å². The first-order valence-corrected chi connectivity index (χ1v) is 10.6. The van der Waals surface area contributed by atoms with Crippen molar-refractivity contribution in [3.05, 3.63) is 59.2 Å². The summed E-state index contributed by atoms with van der Waals surface area (Å²) in [6, 6.07) is 11.2. The van der Waals surface area contributed by atoms with Crippen LogP contribution in [0.1, 0.15) is 28.9 Å². The molecule has 1 aliphatic heterocycles. The molecule has 0 aliphatic carbocycles. The van der Waals surface area contributed by atoms with Gasteiger partial charge in [0.25, 0.3) is 5.91 Å². The molecule has 0 bridgehead atoms. The number of nitrogens with zero attached hydrogens (tertiary/aromatic N) is 4. The van der Waals surface area contributed by atoms with Gasteiger partial charge in [-0.1, -0.05) is 6.07 Å². The Morgan fingerprint density at radius 2 is 2.07 bits per heavy atom. The number of anilines is 1.